The van der Waals surface area contributed by atoms with Crippen LogP contribution in [0.1, 0.15) is 41.9 Å². The molecule has 1 amide bonds. The molecule has 2 aliphatic rings. The van der Waals surface area contributed by atoms with Crippen molar-refractivity contribution in [2.24, 2.45) is 0 Å². The third kappa shape index (κ3) is 5.52. The Morgan fingerprint density at radius 1 is 1.30 bits per heavy atom. The molecule has 1 fully saturated rings. The highest BCUT2D eigenvalue weighted by Crippen LogP contribution is 2.25. The standard InChI is InChI=1S/C17H20F3N3O3S/c18-17(19,20)8-11-27(25,26)23-9-6-12(7-10-23)14-2-1-3-15(22-14)16(24)21-13-4-5-13/h1-3,6,13H,4-5,7-11H2,(H,21,24). The molecule has 10 heteroatoms. The van der Waals surface area contributed by atoms with Crippen molar-refractivity contribution >= 4 is 21.5 Å². The summed E-state index contributed by atoms with van der Waals surface area (Å²) in [6.07, 6.45) is -1.96. The van der Waals surface area contributed by atoms with E-state index in [1.165, 1.54) is 0 Å². The Morgan fingerprint density at radius 2 is 2.04 bits per heavy atom. The fraction of sp³-hybridized carbons (Fsp3) is 0.529. The van der Waals surface area contributed by atoms with Gasteiger partial charge in [-0.25, -0.2) is 13.4 Å². The summed E-state index contributed by atoms with van der Waals surface area (Å²) in [5, 5.41) is 2.85. The number of carbonyl (C=O) groups is 1. The Bertz CT molecular complexity index is 848. The molecule has 6 nitrogen and oxygen atoms in total. The maximum absolute atomic E-state index is 12.3. The lowest BCUT2D eigenvalue weighted by Gasteiger charge is -2.26. The van der Waals surface area contributed by atoms with Crippen molar-refractivity contribution in [1.29, 1.82) is 0 Å². The molecule has 1 saturated carbocycles. The van der Waals surface area contributed by atoms with Gasteiger partial charge in [-0.3, -0.25) is 4.79 Å². The van der Waals surface area contributed by atoms with Crippen LogP contribution in [-0.4, -0.2) is 54.7 Å². The summed E-state index contributed by atoms with van der Waals surface area (Å²) in [7, 11) is -3.97. The number of pyridine rings is 1. The highest BCUT2D eigenvalue weighted by Gasteiger charge is 2.33. The second-order valence-corrected chi connectivity index (χ2v) is 8.76. The van der Waals surface area contributed by atoms with Gasteiger partial charge in [0.05, 0.1) is 17.9 Å². The summed E-state index contributed by atoms with van der Waals surface area (Å²) >= 11 is 0. The minimum absolute atomic E-state index is 0.00426. The van der Waals surface area contributed by atoms with E-state index >= 15 is 0 Å². The Labute approximate surface area is 155 Å². The first-order chi connectivity index (χ1) is 12.6. The lowest BCUT2D eigenvalue weighted by molar-refractivity contribution is -0.130. The smallest absolute Gasteiger partial charge is 0.348 e. The molecular formula is C17H20F3N3O3S. The van der Waals surface area contributed by atoms with Gasteiger partial charge in [0.15, 0.2) is 0 Å². The lowest BCUT2D eigenvalue weighted by Crippen LogP contribution is -2.37. The van der Waals surface area contributed by atoms with Crippen LogP contribution in [0.25, 0.3) is 5.57 Å². The SMILES string of the molecule is O=C(NC1CC1)c1cccc(C2=CCN(S(=O)(=O)CCC(F)(F)F)CC2)n1. The van der Waals surface area contributed by atoms with E-state index in [1.54, 1.807) is 24.3 Å². The van der Waals surface area contributed by atoms with E-state index in [0.717, 1.165) is 22.7 Å². The fourth-order valence-electron chi connectivity index (χ4n) is 2.74. The first-order valence-electron chi connectivity index (χ1n) is 8.66. The third-order valence-electron chi connectivity index (χ3n) is 4.43. The minimum Gasteiger partial charge on any atom is -0.348 e. The van der Waals surface area contributed by atoms with Crippen LogP contribution in [0, 0.1) is 0 Å². The number of nitrogens with one attached hydrogen (secondary N) is 1. The molecule has 0 unspecified atom stereocenters. The molecule has 1 aromatic heterocycles. The predicted molar refractivity (Wildman–Crippen MR) is 93.4 cm³/mol. The van der Waals surface area contributed by atoms with E-state index in [1.807, 2.05) is 0 Å². The quantitative estimate of drug-likeness (QED) is 0.791. The van der Waals surface area contributed by atoms with E-state index in [0.29, 0.717) is 17.8 Å². The first-order valence-corrected chi connectivity index (χ1v) is 10.3. The number of carbonyl (C=O) groups excluding carboxylic acids is 1. The molecule has 1 aliphatic heterocycles. The summed E-state index contributed by atoms with van der Waals surface area (Å²) in [4.78, 5) is 16.4. The molecule has 0 atom stereocenters. The molecule has 1 N–H and O–H groups in total. The monoisotopic (exact) mass is 403 g/mol. The van der Waals surface area contributed by atoms with E-state index in [2.05, 4.69) is 10.3 Å². The zero-order valence-corrected chi connectivity index (χ0v) is 15.3. The predicted octanol–water partition coefficient (Wildman–Crippen LogP) is 2.35. The molecule has 3 rings (SSSR count). The molecule has 148 valence electrons. The van der Waals surface area contributed by atoms with Crippen LogP contribution in [0.5, 0.6) is 0 Å². The number of alkyl halides is 3. The molecule has 0 radical (unpaired) electrons. The molecule has 0 bridgehead atoms. The summed E-state index contributed by atoms with van der Waals surface area (Å²) < 4.78 is 62.0. The molecule has 1 aromatic rings. The number of hydrogen-bond acceptors (Lipinski definition) is 4. The maximum atomic E-state index is 12.3. The average molecular weight is 403 g/mol. The molecule has 1 aliphatic carbocycles. The van der Waals surface area contributed by atoms with E-state index < -0.39 is 28.4 Å². The zero-order valence-electron chi connectivity index (χ0n) is 14.5. The van der Waals surface area contributed by atoms with Crippen LogP contribution in [0.3, 0.4) is 0 Å². The number of rotatable bonds is 6. The van der Waals surface area contributed by atoms with Crippen molar-refractivity contribution in [3.05, 3.63) is 35.7 Å². The van der Waals surface area contributed by atoms with Crippen LogP contribution < -0.4 is 5.32 Å². The van der Waals surface area contributed by atoms with Crippen molar-refractivity contribution in [2.75, 3.05) is 18.8 Å². The van der Waals surface area contributed by atoms with Gasteiger partial charge >= 0.3 is 6.18 Å². The van der Waals surface area contributed by atoms with Gasteiger partial charge in [-0.2, -0.15) is 17.5 Å². The van der Waals surface area contributed by atoms with E-state index in [4.69, 9.17) is 0 Å². The van der Waals surface area contributed by atoms with Gasteiger partial charge in [-0.05, 0) is 37.0 Å². The van der Waals surface area contributed by atoms with Gasteiger partial charge < -0.3 is 5.32 Å². The molecule has 0 spiro atoms. The van der Waals surface area contributed by atoms with E-state index in [9.17, 15) is 26.4 Å². The average Bonchev–Trinajstić information content (AvgIpc) is 3.44. The number of amides is 1. The minimum atomic E-state index is -4.50. The van der Waals surface area contributed by atoms with E-state index in [-0.39, 0.29) is 25.0 Å². The Balaban J connectivity index is 1.65. The van der Waals surface area contributed by atoms with Crippen molar-refractivity contribution in [3.8, 4) is 0 Å². The number of nitrogens with zero attached hydrogens (tertiary/aromatic N) is 2. The summed E-state index contributed by atoms with van der Waals surface area (Å²) in [5.74, 6) is -1.19. The number of aromatic nitrogens is 1. The van der Waals surface area contributed by atoms with Crippen LogP contribution in [0.2, 0.25) is 0 Å². The topological polar surface area (TPSA) is 79.4 Å². The number of halogens is 3. The number of hydrogen-bond donors (Lipinski definition) is 1. The van der Waals surface area contributed by atoms with Gasteiger partial charge in [0.25, 0.3) is 5.91 Å². The second kappa shape index (κ2) is 7.59. The lowest BCUT2D eigenvalue weighted by atomic mass is 10.1. The third-order valence-corrected chi connectivity index (χ3v) is 6.27. The zero-order chi connectivity index (χ0) is 19.7. The highest BCUT2D eigenvalue weighted by atomic mass is 32.2. The van der Waals surface area contributed by atoms with Crippen molar-refractivity contribution in [3.63, 3.8) is 0 Å². The fourth-order valence-corrected chi connectivity index (χ4v) is 4.16. The molecule has 27 heavy (non-hydrogen) atoms. The summed E-state index contributed by atoms with van der Waals surface area (Å²) in [6, 6.07) is 5.26. The maximum Gasteiger partial charge on any atom is 0.390 e. The van der Waals surface area contributed by atoms with Crippen molar-refractivity contribution < 1.29 is 26.4 Å². The second-order valence-electron chi connectivity index (χ2n) is 6.67. The summed E-state index contributed by atoms with van der Waals surface area (Å²) in [5.41, 5.74) is 1.64. The van der Waals surface area contributed by atoms with Gasteiger partial charge in [-0.15, -0.1) is 0 Å². The van der Waals surface area contributed by atoms with Gasteiger partial charge in [0, 0.05) is 19.1 Å². The van der Waals surface area contributed by atoms with Crippen LogP contribution in [0.4, 0.5) is 13.2 Å². The van der Waals surface area contributed by atoms with Crippen molar-refractivity contribution in [1.82, 2.24) is 14.6 Å². The largest absolute Gasteiger partial charge is 0.390 e. The first kappa shape index (κ1) is 19.8. The van der Waals surface area contributed by atoms with Gasteiger partial charge in [-0.1, -0.05) is 12.1 Å². The van der Waals surface area contributed by atoms with Crippen LogP contribution in [-0.2, 0) is 10.0 Å². The summed E-state index contributed by atoms with van der Waals surface area (Å²) in [6.45, 7) is 0.0852. The number of sulfonamides is 1. The molecular weight excluding hydrogens is 383 g/mol. The van der Waals surface area contributed by atoms with Crippen LogP contribution in [0.15, 0.2) is 24.3 Å². The normalized spacial score (nSPS) is 18.9. The van der Waals surface area contributed by atoms with Crippen LogP contribution >= 0.6 is 0 Å². The Kier molecular flexibility index (Phi) is 5.57. The molecule has 0 saturated heterocycles. The highest BCUT2D eigenvalue weighted by molar-refractivity contribution is 7.89. The Morgan fingerprint density at radius 3 is 2.63 bits per heavy atom. The van der Waals surface area contributed by atoms with Gasteiger partial charge in [0.1, 0.15) is 5.69 Å². The van der Waals surface area contributed by atoms with Gasteiger partial charge in [0.2, 0.25) is 10.0 Å². The van der Waals surface area contributed by atoms with Crippen molar-refractivity contribution in [2.45, 2.75) is 37.9 Å². The molecule has 0 aromatic carbocycles. The Hall–Kier alpha value is -1.94. The molecule has 2 heterocycles.